The number of pyridine rings is 2. The summed E-state index contributed by atoms with van der Waals surface area (Å²) in [5.41, 5.74) is 2.26. The van der Waals surface area contributed by atoms with Crippen molar-refractivity contribution in [1.29, 1.82) is 0 Å². The van der Waals surface area contributed by atoms with Gasteiger partial charge in [0.1, 0.15) is 17.8 Å². The first-order valence-electron chi connectivity index (χ1n) is 12.8. The highest BCUT2D eigenvalue weighted by Gasteiger charge is 2.31. The minimum Gasteiger partial charge on any atom is -0.464 e. The molecule has 0 unspecified atom stereocenters. The lowest BCUT2D eigenvalue weighted by Gasteiger charge is -2.35. The van der Waals surface area contributed by atoms with Crippen LogP contribution in [0, 0.1) is 11.8 Å². The lowest BCUT2D eigenvalue weighted by atomic mass is 10.0. The number of halogens is 1. The fourth-order valence-electron chi connectivity index (χ4n) is 4.44. The quantitative estimate of drug-likeness (QED) is 0.326. The molecule has 1 fully saturated rings. The van der Waals surface area contributed by atoms with E-state index in [0.29, 0.717) is 46.5 Å². The summed E-state index contributed by atoms with van der Waals surface area (Å²) < 4.78 is 6.38. The topological polar surface area (TPSA) is 118 Å². The van der Waals surface area contributed by atoms with Crippen molar-refractivity contribution in [2.24, 2.45) is 0 Å². The molecule has 1 saturated heterocycles. The predicted octanol–water partition coefficient (Wildman–Crippen LogP) is 5.26. The zero-order chi connectivity index (χ0) is 29.3. The average molecular weight is 572 g/mol. The van der Waals surface area contributed by atoms with Crippen molar-refractivity contribution in [3.8, 4) is 23.0 Å². The van der Waals surface area contributed by atoms with Crippen LogP contribution < -0.4 is 4.90 Å². The molecular weight excluding hydrogens is 546 g/mol. The Morgan fingerprint density at radius 2 is 1.88 bits per heavy atom. The molecule has 1 aromatic carbocycles. The summed E-state index contributed by atoms with van der Waals surface area (Å²) in [6.07, 6.45) is 2.75. The molecule has 1 N–H and O–H groups in total. The highest BCUT2D eigenvalue weighted by molar-refractivity contribution is 6.38. The smallest absolute Gasteiger partial charge is 0.417 e. The molecule has 0 atom stereocenters. The van der Waals surface area contributed by atoms with Crippen LogP contribution in [0.5, 0.6) is 0 Å². The second-order valence-electron chi connectivity index (χ2n) is 10.3. The minimum atomic E-state index is -1.22. The van der Waals surface area contributed by atoms with Crippen LogP contribution in [-0.2, 0) is 9.53 Å². The fourth-order valence-corrected chi connectivity index (χ4v) is 4.78. The predicted molar refractivity (Wildman–Crippen MR) is 154 cm³/mol. The van der Waals surface area contributed by atoms with Crippen LogP contribution in [0.15, 0.2) is 61.1 Å². The van der Waals surface area contributed by atoms with Gasteiger partial charge >= 0.3 is 12.2 Å². The maximum absolute atomic E-state index is 13.0. The first-order chi connectivity index (χ1) is 19.5. The molecule has 0 aliphatic carbocycles. The second-order valence-corrected chi connectivity index (χ2v) is 10.7. The van der Waals surface area contributed by atoms with E-state index < -0.39 is 17.8 Å². The third kappa shape index (κ3) is 5.85. The average Bonchev–Trinajstić information content (AvgIpc) is 3.31. The zero-order valence-corrected chi connectivity index (χ0v) is 23.3. The van der Waals surface area contributed by atoms with E-state index in [-0.39, 0.29) is 23.1 Å². The van der Waals surface area contributed by atoms with Gasteiger partial charge in [-0.25, -0.2) is 24.1 Å². The molecule has 11 heteroatoms. The molecule has 0 saturated carbocycles. The van der Waals surface area contributed by atoms with Gasteiger partial charge in [-0.3, -0.25) is 9.69 Å². The summed E-state index contributed by atoms with van der Waals surface area (Å²) in [5.74, 6) is 5.67. The summed E-state index contributed by atoms with van der Waals surface area (Å²) in [5, 5.41) is 10.4. The van der Waals surface area contributed by atoms with Gasteiger partial charge in [-0.15, -0.1) is 0 Å². The number of benzene rings is 1. The third-order valence-corrected chi connectivity index (χ3v) is 6.68. The second kappa shape index (κ2) is 10.9. The molecular formula is C30H26ClN5O5. The van der Waals surface area contributed by atoms with E-state index in [2.05, 4.69) is 21.8 Å². The number of amides is 2. The highest BCUT2D eigenvalue weighted by atomic mass is 35.5. The van der Waals surface area contributed by atoms with Crippen molar-refractivity contribution >= 4 is 46.4 Å². The van der Waals surface area contributed by atoms with Crippen LogP contribution in [0.4, 0.5) is 15.3 Å². The van der Waals surface area contributed by atoms with Gasteiger partial charge in [0.05, 0.1) is 16.0 Å². The van der Waals surface area contributed by atoms with Crippen LogP contribution in [0.25, 0.3) is 22.2 Å². The normalized spacial score (nSPS) is 13.6. The molecule has 10 nitrogen and oxygen atoms in total. The Bertz CT molecular complexity index is 1730. The number of fused-ring (bicyclic) bond motifs is 1. The van der Waals surface area contributed by atoms with Gasteiger partial charge in [0.25, 0.3) is 0 Å². The lowest BCUT2D eigenvalue weighted by Crippen LogP contribution is -2.53. The van der Waals surface area contributed by atoms with E-state index in [4.69, 9.17) is 16.3 Å². The van der Waals surface area contributed by atoms with Crippen molar-refractivity contribution in [2.45, 2.75) is 26.4 Å². The SMILES string of the molecule is CC(C)(C)OC(=O)N1CCN(c2cccc(-c3cnc4c(c(C#Cc5ccccn5)cn4C(=O)O)c3Cl)c2)C(=O)C1. The number of piperazine rings is 1. The lowest BCUT2D eigenvalue weighted by molar-refractivity contribution is -0.121. The number of nitrogens with zero attached hydrogens (tertiary/aromatic N) is 5. The maximum atomic E-state index is 13.0. The number of carbonyl (C=O) groups excluding carboxylic acids is 2. The standard InChI is InChI=1S/C30H26ClN5O5/c1-30(2,3)41-29(40)34-13-14-35(24(37)18-34)22-9-6-7-19(15-22)23-16-33-27-25(26(23)31)20(17-36(27)28(38)39)10-11-21-8-4-5-12-32-21/h4-9,12,15-17H,13-14,18H2,1-3H3,(H,38,39). The minimum absolute atomic E-state index is 0.103. The van der Waals surface area contributed by atoms with Gasteiger partial charge in [0.2, 0.25) is 5.91 Å². The Morgan fingerprint density at radius 3 is 2.56 bits per heavy atom. The van der Waals surface area contributed by atoms with Crippen molar-refractivity contribution in [1.82, 2.24) is 19.4 Å². The molecule has 5 rings (SSSR count). The monoisotopic (exact) mass is 571 g/mol. The molecule has 1 aliphatic heterocycles. The fraction of sp³-hybridized carbons (Fsp3) is 0.233. The summed E-state index contributed by atoms with van der Waals surface area (Å²) in [4.78, 5) is 49.0. The summed E-state index contributed by atoms with van der Waals surface area (Å²) >= 11 is 6.89. The van der Waals surface area contributed by atoms with E-state index in [1.807, 2.05) is 12.1 Å². The van der Waals surface area contributed by atoms with E-state index in [1.165, 1.54) is 17.3 Å². The highest BCUT2D eigenvalue weighted by Crippen LogP contribution is 2.37. The number of ether oxygens (including phenoxy) is 1. The molecule has 41 heavy (non-hydrogen) atoms. The Balaban J connectivity index is 1.48. The Morgan fingerprint density at radius 1 is 1.07 bits per heavy atom. The van der Waals surface area contributed by atoms with Crippen LogP contribution >= 0.6 is 11.6 Å². The largest absolute Gasteiger partial charge is 0.464 e. The van der Waals surface area contributed by atoms with Crippen molar-refractivity contribution in [3.05, 3.63) is 77.3 Å². The molecule has 2 amide bonds. The molecule has 0 spiro atoms. The maximum Gasteiger partial charge on any atom is 0.417 e. The van der Waals surface area contributed by atoms with Gasteiger partial charge in [0.15, 0.2) is 5.65 Å². The van der Waals surface area contributed by atoms with Crippen molar-refractivity contribution in [2.75, 3.05) is 24.5 Å². The number of anilines is 1. The van der Waals surface area contributed by atoms with Gasteiger partial charge in [-0.05, 0) is 56.5 Å². The number of hydrogen-bond donors (Lipinski definition) is 1. The van der Waals surface area contributed by atoms with Gasteiger partial charge in [-0.1, -0.05) is 35.7 Å². The number of hydrogen-bond acceptors (Lipinski definition) is 6. The van der Waals surface area contributed by atoms with Crippen molar-refractivity contribution < 1.29 is 24.2 Å². The van der Waals surface area contributed by atoms with Gasteiger partial charge in [0, 0.05) is 42.9 Å². The van der Waals surface area contributed by atoms with E-state index >= 15 is 0 Å². The van der Waals surface area contributed by atoms with E-state index in [1.54, 1.807) is 62.2 Å². The van der Waals surface area contributed by atoms with E-state index in [0.717, 1.165) is 4.57 Å². The Hall–Kier alpha value is -4.88. The molecule has 0 radical (unpaired) electrons. The number of carboxylic acid groups (broad SMARTS) is 1. The summed E-state index contributed by atoms with van der Waals surface area (Å²) in [6, 6.07) is 12.6. The molecule has 4 heterocycles. The number of rotatable bonds is 2. The molecule has 208 valence electrons. The van der Waals surface area contributed by atoms with E-state index in [9.17, 15) is 19.5 Å². The number of carbonyl (C=O) groups is 3. The van der Waals surface area contributed by atoms with Gasteiger partial charge < -0.3 is 14.7 Å². The van der Waals surface area contributed by atoms with Crippen LogP contribution in [-0.4, -0.2) is 67.9 Å². The molecule has 3 aromatic heterocycles. The Labute approximate surface area is 241 Å². The number of aromatic nitrogens is 3. The summed E-state index contributed by atoms with van der Waals surface area (Å²) in [6.45, 7) is 5.84. The van der Waals surface area contributed by atoms with Crippen molar-refractivity contribution in [3.63, 3.8) is 0 Å². The summed E-state index contributed by atoms with van der Waals surface area (Å²) in [7, 11) is 0. The third-order valence-electron chi connectivity index (χ3n) is 6.29. The Kier molecular flexibility index (Phi) is 7.39. The van der Waals surface area contributed by atoms with Gasteiger partial charge in [-0.2, -0.15) is 0 Å². The zero-order valence-electron chi connectivity index (χ0n) is 22.6. The van der Waals surface area contributed by atoms with Crippen LogP contribution in [0.1, 0.15) is 32.0 Å². The molecule has 1 aliphatic rings. The molecule has 4 aromatic rings. The molecule has 0 bridgehead atoms. The van der Waals surface area contributed by atoms with Crippen LogP contribution in [0.2, 0.25) is 5.02 Å². The first kappa shape index (κ1) is 27.7. The first-order valence-corrected chi connectivity index (χ1v) is 13.1. The van der Waals surface area contributed by atoms with Crippen LogP contribution in [0.3, 0.4) is 0 Å².